The van der Waals surface area contributed by atoms with Gasteiger partial charge >= 0.3 is 82.2 Å². The Morgan fingerprint density at radius 3 is 1.04 bits per heavy atom. The van der Waals surface area contributed by atoms with E-state index >= 15 is 0 Å². The SMILES string of the molecule is O=C([O-])C[NH+](CC(=O)[O-])c1ccccc1[NH+](CC(=O)[O-])CC(=O)[O-].[Mg+2].[Na+].[Na+]. The fourth-order valence-electron chi connectivity index (χ4n) is 2.30. The summed E-state index contributed by atoms with van der Waals surface area (Å²) >= 11 is 0. The minimum atomic E-state index is -1.54. The van der Waals surface area contributed by atoms with E-state index in [0.717, 1.165) is 0 Å². The van der Waals surface area contributed by atoms with Gasteiger partial charge in [-0.15, -0.1) is 0 Å². The topological polar surface area (TPSA) is 169 Å². The average molecular weight is 409 g/mol. The molecule has 2 N–H and O–H groups in total. The number of benzene rings is 1. The number of hydrogen-bond acceptors (Lipinski definition) is 8. The molecular formula is C14H14MgN2Na2O8+2. The molecule has 1 rings (SSSR count). The maximum absolute atomic E-state index is 10.8. The summed E-state index contributed by atoms with van der Waals surface area (Å²) in [7, 11) is 0. The molecule has 0 aliphatic rings. The van der Waals surface area contributed by atoms with E-state index in [9.17, 15) is 39.6 Å². The van der Waals surface area contributed by atoms with Crippen molar-refractivity contribution in [3.8, 4) is 0 Å². The first-order valence-electron chi connectivity index (χ1n) is 6.79. The summed E-state index contributed by atoms with van der Waals surface area (Å²) in [6, 6.07) is 5.67. The minimum absolute atomic E-state index is 0. The van der Waals surface area contributed by atoms with Crippen molar-refractivity contribution in [2.24, 2.45) is 0 Å². The van der Waals surface area contributed by atoms with Gasteiger partial charge in [0.1, 0.15) is 26.2 Å². The Morgan fingerprint density at radius 1 is 0.630 bits per heavy atom. The van der Waals surface area contributed by atoms with E-state index < -0.39 is 50.1 Å². The number of carbonyl (C=O) groups is 4. The third-order valence-corrected chi connectivity index (χ3v) is 3.12. The van der Waals surface area contributed by atoms with Gasteiger partial charge in [0.05, 0.1) is 23.9 Å². The normalized spacial score (nSPS) is 9.56. The zero-order valence-corrected chi connectivity index (χ0v) is 20.5. The second-order valence-electron chi connectivity index (χ2n) is 4.95. The summed E-state index contributed by atoms with van der Waals surface area (Å²) in [5, 5.41) is 43.4. The van der Waals surface area contributed by atoms with Gasteiger partial charge in [-0.05, 0) is 0 Å². The second kappa shape index (κ2) is 15.7. The molecule has 0 saturated heterocycles. The van der Waals surface area contributed by atoms with Gasteiger partial charge in [0.25, 0.3) is 0 Å². The molecule has 0 aliphatic heterocycles. The van der Waals surface area contributed by atoms with E-state index in [1.165, 1.54) is 24.3 Å². The quantitative estimate of drug-likeness (QED) is 0.359. The maximum Gasteiger partial charge on any atom is 2.00 e. The Kier molecular flexibility index (Phi) is 18.3. The summed E-state index contributed by atoms with van der Waals surface area (Å²) in [6.07, 6.45) is 0. The summed E-state index contributed by atoms with van der Waals surface area (Å²) < 4.78 is 0. The van der Waals surface area contributed by atoms with Gasteiger partial charge < -0.3 is 39.6 Å². The first kappa shape index (κ1) is 31.5. The Balaban J connectivity index is -0.00000192. The van der Waals surface area contributed by atoms with Gasteiger partial charge in [-0.2, -0.15) is 0 Å². The summed E-state index contributed by atoms with van der Waals surface area (Å²) in [5.74, 6) is -6.16. The number of carboxylic acid groups (broad SMARTS) is 4. The standard InChI is InChI=1S/C14H16N2O8.Mg.2Na/c17-11(18)5-15(6-12(19)20)9-3-1-2-4-10(9)16(7-13(21)22)8-14(23)24;;;/h1-4H,5-8H2,(H,17,18)(H,19,20)(H,21,22)(H,23,24);;;/q;+2;2*+1/p-2. The Hall–Kier alpha value is -0.214. The third kappa shape index (κ3) is 12.1. The molecule has 0 heterocycles. The van der Waals surface area contributed by atoms with E-state index in [1.807, 2.05) is 0 Å². The molecule has 0 aliphatic carbocycles. The van der Waals surface area contributed by atoms with Crippen LogP contribution in [0.5, 0.6) is 0 Å². The second-order valence-corrected chi connectivity index (χ2v) is 4.95. The number of rotatable bonds is 10. The van der Waals surface area contributed by atoms with Crippen LogP contribution in [0, 0.1) is 0 Å². The first-order valence-corrected chi connectivity index (χ1v) is 6.79. The van der Waals surface area contributed by atoms with Crippen molar-refractivity contribution in [3.05, 3.63) is 24.3 Å². The molecule has 0 atom stereocenters. The monoisotopic (exact) mass is 408 g/mol. The Bertz CT molecular complexity index is 575. The molecule has 0 radical (unpaired) electrons. The number of para-hydroxylation sites is 2. The van der Waals surface area contributed by atoms with Crippen LogP contribution in [0.15, 0.2) is 24.3 Å². The molecule has 10 nitrogen and oxygen atoms in total. The summed E-state index contributed by atoms with van der Waals surface area (Å²) in [6.45, 7) is -2.91. The van der Waals surface area contributed by atoms with Crippen LogP contribution in [0.4, 0.5) is 11.4 Å². The molecule has 0 amide bonds. The number of carboxylic acids is 4. The van der Waals surface area contributed by atoms with Gasteiger partial charge in [0.2, 0.25) is 0 Å². The van der Waals surface area contributed by atoms with Crippen molar-refractivity contribution >= 4 is 58.3 Å². The van der Waals surface area contributed by atoms with Crippen LogP contribution in [0.25, 0.3) is 0 Å². The first-order chi connectivity index (χ1) is 11.2. The summed E-state index contributed by atoms with van der Waals surface area (Å²) in [4.78, 5) is 43.2. The van der Waals surface area contributed by atoms with Crippen LogP contribution in [0.1, 0.15) is 0 Å². The molecule has 130 valence electrons. The number of aliphatic carboxylic acids is 4. The predicted octanol–water partition coefficient (Wildman–Crippen LogP) is -14.7. The van der Waals surface area contributed by atoms with Gasteiger partial charge in [0, 0.05) is 12.1 Å². The summed E-state index contributed by atoms with van der Waals surface area (Å²) in [5.41, 5.74) is 0.201. The van der Waals surface area contributed by atoms with Crippen LogP contribution < -0.4 is 89.3 Å². The predicted molar refractivity (Wildman–Crippen MR) is 72.9 cm³/mol. The van der Waals surface area contributed by atoms with Crippen LogP contribution >= 0.6 is 0 Å². The number of nitrogens with one attached hydrogen (secondary N) is 2. The molecular weight excluding hydrogens is 394 g/mol. The molecule has 0 spiro atoms. The van der Waals surface area contributed by atoms with Crippen molar-refractivity contribution in [1.29, 1.82) is 0 Å². The average Bonchev–Trinajstić information content (AvgIpc) is 2.44. The van der Waals surface area contributed by atoms with E-state index in [2.05, 4.69) is 0 Å². The third-order valence-electron chi connectivity index (χ3n) is 3.12. The minimum Gasteiger partial charge on any atom is -0.544 e. The van der Waals surface area contributed by atoms with Gasteiger partial charge in [-0.1, -0.05) is 12.1 Å². The molecule has 27 heavy (non-hydrogen) atoms. The number of hydrogen-bond donors (Lipinski definition) is 2. The fourth-order valence-corrected chi connectivity index (χ4v) is 2.30. The molecule has 0 fully saturated rings. The van der Waals surface area contributed by atoms with E-state index in [1.54, 1.807) is 0 Å². The molecule has 0 bridgehead atoms. The molecule has 13 heteroatoms. The zero-order chi connectivity index (χ0) is 18.3. The van der Waals surface area contributed by atoms with E-state index in [0.29, 0.717) is 0 Å². The van der Waals surface area contributed by atoms with Crippen LogP contribution in [0.3, 0.4) is 0 Å². The fraction of sp³-hybridized carbons (Fsp3) is 0.286. The van der Waals surface area contributed by atoms with Crippen molar-refractivity contribution in [2.75, 3.05) is 26.2 Å². The number of quaternary nitrogens is 2. The van der Waals surface area contributed by atoms with Crippen LogP contribution in [0.2, 0.25) is 0 Å². The Morgan fingerprint density at radius 2 is 0.852 bits per heavy atom. The number of carbonyl (C=O) groups excluding carboxylic acids is 4. The molecule has 0 unspecified atom stereocenters. The van der Waals surface area contributed by atoms with E-state index in [4.69, 9.17) is 0 Å². The molecule has 0 saturated carbocycles. The van der Waals surface area contributed by atoms with Crippen molar-refractivity contribution in [2.45, 2.75) is 0 Å². The van der Waals surface area contributed by atoms with E-state index in [-0.39, 0.29) is 103 Å². The van der Waals surface area contributed by atoms with Gasteiger partial charge in [0.15, 0.2) is 11.4 Å². The molecule has 0 aromatic heterocycles. The van der Waals surface area contributed by atoms with Crippen molar-refractivity contribution < 1.29 is 109 Å². The van der Waals surface area contributed by atoms with Gasteiger partial charge in [-0.25, -0.2) is 0 Å². The van der Waals surface area contributed by atoms with Crippen molar-refractivity contribution in [3.63, 3.8) is 0 Å². The van der Waals surface area contributed by atoms with Crippen LogP contribution in [-0.4, -0.2) is 73.1 Å². The molecule has 1 aromatic carbocycles. The van der Waals surface area contributed by atoms with Crippen molar-refractivity contribution in [1.82, 2.24) is 0 Å². The van der Waals surface area contributed by atoms with Gasteiger partial charge in [-0.3, -0.25) is 9.80 Å². The largest absolute Gasteiger partial charge is 2.00 e. The van der Waals surface area contributed by atoms with Crippen LogP contribution in [-0.2, 0) is 19.2 Å². The Labute approximate surface area is 215 Å². The molecule has 1 aromatic rings. The zero-order valence-electron chi connectivity index (χ0n) is 15.1. The maximum atomic E-state index is 10.8. The smallest absolute Gasteiger partial charge is 0.544 e.